The van der Waals surface area contributed by atoms with Gasteiger partial charge in [-0.1, -0.05) is 324 Å². The summed E-state index contributed by atoms with van der Waals surface area (Å²) in [5.74, 6) is 0. The van der Waals surface area contributed by atoms with E-state index >= 15 is 0 Å². The summed E-state index contributed by atoms with van der Waals surface area (Å²) in [7, 11) is 0. The van der Waals surface area contributed by atoms with Crippen LogP contribution in [0.2, 0.25) is 0 Å². The van der Waals surface area contributed by atoms with Crippen LogP contribution in [0.15, 0.2) is 437 Å². The normalized spacial score (nSPS) is 12.6. The van der Waals surface area contributed by atoms with Crippen molar-refractivity contribution in [2.75, 3.05) is 9.80 Å². The van der Waals surface area contributed by atoms with Crippen LogP contribution in [0.1, 0.15) is 26.3 Å². The first kappa shape index (κ1) is 71.9. The van der Waals surface area contributed by atoms with E-state index < -0.39 is 5.41 Å². The lowest BCUT2D eigenvalue weighted by atomic mass is 9.33. The molecule has 0 unspecified atom stereocenters. The molecule has 7 heteroatoms. The van der Waals surface area contributed by atoms with E-state index in [0.717, 1.165) is 157 Å². The van der Waals surface area contributed by atoms with E-state index in [-0.39, 0.29) is 6.71 Å². The molecule has 586 valence electrons. The molecule has 0 N–H and O–H groups in total. The van der Waals surface area contributed by atoms with E-state index in [1.165, 1.54) is 76.1 Å². The van der Waals surface area contributed by atoms with Crippen molar-refractivity contribution >= 4 is 144 Å². The molecule has 2 aliphatic heterocycles. The molecule has 25 rings (SSSR count). The molecule has 2 aliphatic rings. The molecule has 4 aromatic heterocycles. The van der Waals surface area contributed by atoms with Gasteiger partial charge in [-0.25, -0.2) is 0 Å². The second-order valence-corrected chi connectivity index (χ2v) is 34.7. The average molecular weight is 1590 g/mol. The van der Waals surface area contributed by atoms with Crippen LogP contribution in [0.3, 0.4) is 0 Å². The minimum Gasteiger partial charge on any atom is -0.310 e. The number of aromatic nitrogens is 4. The van der Waals surface area contributed by atoms with Gasteiger partial charge in [-0.2, -0.15) is 0 Å². The van der Waals surface area contributed by atoms with Gasteiger partial charge < -0.3 is 28.1 Å². The maximum atomic E-state index is 2.74. The fourth-order valence-electron chi connectivity index (χ4n) is 21.0. The highest BCUT2D eigenvalue weighted by atomic mass is 15.2. The fraction of sp³-hybridized carbons (Fsp3) is 0.0339. The highest BCUT2D eigenvalue weighted by molar-refractivity contribution is 7.00. The molecule has 0 fully saturated rings. The number of nitrogens with zero attached hydrogens (tertiary/aromatic N) is 6. The van der Waals surface area contributed by atoms with Gasteiger partial charge in [-0.05, 0) is 205 Å². The largest absolute Gasteiger partial charge is 0.310 e. The number of para-hydroxylation sites is 6. The minimum atomic E-state index is -0.404. The molecule has 0 radical (unpaired) electrons. The van der Waals surface area contributed by atoms with Gasteiger partial charge in [0.15, 0.2) is 0 Å². The van der Waals surface area contributed by atoms with Crippen LogP contribution in [0.5, 0.6) is 0 Å². The fourth-order valence-corrected chi connectivity index (χ4v) is 21.0. The Bertz CT molecular complexity index is 7690. The summed E-state index contributed by atoms with van der Waals surface area (Å²) < 4.78 is 10.0. The first-order valence-electron chi connectivity index (χ1n) is 43.5. The number of anilines is 6. The number of hydrogen-bond donors (Lipinski definition) is 0. The zero-order valence-corrected chi connectivity index (χ0v) is 69.3. The summed E-state index contributed by atoms with van der Waals surface area (Å²) in [6.07, 6.45) is 0. The van der Waals surface area contributed by atoms with Crippen molar-refractivity contribution in [2.24, 2.45) is 0 Å². The van der Waals surface area contributed by atoms with Crippen molar-refractivity contribution in [2.45, 2.75) is 26.2 Å². The Kier molecular flexibility index (Phi) is 16.3. The molecular weight excluding hydrogens is 1510 g/mol. The van der Waals surface area contributed by atoms with Crippen LogP contribution >= 0.6 is 0 Å². The zero-order chi connectivity index (χ0) is 82.7. The minimum absolute atomic E-state index is 0.332. The molecule has 125 heavy (non-hydrogen) atoms. The molecule has 23 aromatic rings. The molecule has 0 saturated heterocycles. The van der Waals surface area contributed by atoms with Crippen LogP contribution in [-0.2, 0) is 5.41 Å². The van der Waals surface area contributed by atoms with Gasteiger partial charge in [-0.15, -0.1) is 0 Å². The van der Waals surface area contributed by atoms with E-state index in [0.29, 0.717) is 0 Å². The van der Waals surface area contributed by atoms with E-state index in [9.17, 15) is 0 Å². The second kappa shape index (κ2) is 28.3. The van der Waals surface area contributed by atoms with Crippen LogP contribution in [-0.4, -0.2) is 25.0 Å². The SMILES string of the molecule is CC(C)(C)c1cc2c3c(c1)N(c1c(-c4ccccc4)cc(-c4ccccc4)cc1-c1ccccc1)c1cc(-n4c5ccccc5c5cc6c7ccccc7n(-c7ccccc7)c6cc54)ccc1B3c1ccc(-n3c4ccccc4c4cc5c6ccccc6n(-c6ccccc6)c5cc43)cc1N2c1c(-c2ccccc2)cc(-c2ccccc2)cc1-c1ccccc1. The molecule has 19 aromatic carbocycles. The van der Waals surface area contributed by atoms with Crippen LogP contribution in [0, 0.1) is 0 Å². The van der Waals surface area contributed by atoms with E-state index in [2.05, 4.69) is 486 Å². The summed E-state index contributed by atoms with van der Waals surface area (Å²) in [6.45, 7) is 6.89. The van der Waals surface area contributed by atoms with Crippen molar-refractivity contribution in [1.29, 1.82) is 0 Å². The Hall–Kier alpha value is -16.0. The third-order valence-corrected chi connectivity index (χ3v) is 26.6. The Morgan fingerprint density at radius 3 is 0.752 bits per heavy atom. The maximum Gasteiger partial charge on any atom is 0.252 e. The van der Waals surface area contributed by atoms with Crippen molar-refractivity contribution in [3.63, 3.8) is 0 Å². The Balaban J connectivity index is 0.843. The van der Waals surface area contributed by atoms with E-state index in [1.54, 1.807) is 0 Å². The van der Waals surface area contributed by atoms with Crippen molar-refractivity contribution in [3.8, 4) is 89.5 Å². The number of benzene rings is 19. The topological polar surface area (TPSA) is 26.2 Å². The Morgan fingerprint density at radius 1 is 0.192 bits per heavy atom. The van der Waals surface area contributed by atoms with Gasteiger partial charge in [0.05, 0.1) is 55.5 Å². The lowest BCUT2D eigenvalue weighted by molar-refractivity contribution is 0.590. The standard InChI is InChI=1S/C118H81BN6/c1-118(2,3)84-68-113-115-114(69-84)125(117-95(80-44-20-8-21-45-80)66-83(77-38-14-5-15-39-77)67-96(117)81-46-22-9-23-47-81)112-71-88(123-106-59-35-31-55-92(106)100-73-98-90-53-29-33-57-104(90)121(108(98)75-110(100)123)86-50-26-11-27-51-86)61-63-102(112)119(115)101-62-60-87(122-105-58-34-30-54-91(105)99-72-97-89-52-28-32-56-103(89)120(107(97)74-109(99)122)85-48-24-10-25-49-85)70-111(101)124(113)116-93(78-40-16-6-17-41-78)64-82(76-36-12-4-13-37-76)65-94(116)79-42-18-7-19-43-79/h4-75H,1-3H3. The first-order chi connectivity index (χ1) is 61.7. The van der Waals surface area contributed by atoms with Gasteiger partial charge in [0.1, 0.15) is 0 Å². The van der Waals surface area contributed by atoms with Crippen molar-refractivity contribution in [3.05, 3.63) is 442 Å². The molecular formula is C118H81BN6. The second-order valence-electron chi connectivity index (χ2n) is 34.7. The van der Waals surface area contributed by atoms with Crippen LogP contribution < -0.4 is 26.2 Å². The number of rotatable bonds is 12. The summed E-state index contributed by atoms with van der Waals surface area (Å²) >= 11 is 0. The Labute approximate surface area is 725 Å². The highest BCUT2D eigenvalue weighted by Gasteiger charge is 2.47. The molecule has 0 spiro atoms. The summed E-state index contributed by atoms with van der Waals surface area (Å²) in [4.78, 5) is 5.48. The van der Waals surface area contributed by atoms with Gasteiger partial charge in [0.2, 0.25) is 0 Å². The summed E-state index contributed by atoms with van der Waals surface area (Å²) in [5, 5.41) is 9.66. The summed E-state index contributed by atoms with van der Waals surface area (Å²) in [6, 6.07) is 165. The van der Waals surface area contributed by atoms with Crippen molar-refractivity contribution < 1.29 is 0 Å². The quantitative estimate of drug-likeness (QED) is 0.114. The van der Waals surface area contributed by atoms with Gasteiger partial charge in [0, 0.05) is 111 Å². The third-order valence-electron chi connectivity index (χ3n) is 26.6. The maximum absolute atomic E-state index is 2.74. The zero-order valence-electron chi connectivity index (χ0n) is 69.3. The molecule has 0 saturated carbocycles. The van der Waals surface area contributed by atoms with Gasteiger partial charge >= 0.3 is 0 Å². The smallest absolute Gasteiger partial charge is 0.252 e. The van der Waals surface area contributed by atoms with Gasteiger partial charge in [0.25, 0.3) is 6.71 Å². The first-order valence-corrected chi connectivity index (χ1v) is 43.5. The van der Waals surface area contributed by atoms with Crippen molar-refractivity contribution in [1.82, 2.24) is 18.3 Å². The number of fused-ring (bicyclic) bond motifs is 16. The van der Waals surface area contributed by atoms with Gasteiger partial charge in [-0.3, -0.25) is 0 Å². The lowest BCUT2D eigenvalue weighted by Gasteiger charge is -2.46. The summed E-state index contributed by atoms with van der Waals surface area (Å²) in [5.41, 5.74) is 38.0. The monoisotopic (exact) mass is 1590 g/mol. The lowest BCUT2D eigenvalue weighted by Crippen LogP contribution is -2.61. The number of hydrogen-bond acceptors (Lipinski definition) is 2. The predicted molar refractivity (Wildman–Crippen MR) is 529 cm³/mol. The average Bonchev–Trinajstić information content (AvgIpc) is 1.09. The van der Waals surface area contributed by atoms with E-state index in [1.807, 2.05) is 0 Å². The molecule has 0 atom stereocenters. The van der Waals surface area contributed by atoms with Crippen LogP contribution in [0.4, 0.5) is 34.1 Å². The predicted octanol–water partition coefficient (Wildman–Crippen LogP) is 29.5. The molecule has 0 amide bonds. The van der Waals surface area contributed by atoms with E-state index in [4.69, 9.17) is 0 Å². The third kappa shape index (κ3) is 11.3. The molecule has 0 aliphatic carbocycles. The highest BCUT2D eigenvalue weighted by Crippen LogP contribution is 2.57. The molecule has 6 heterocycles. The van der Waals surface area contributed by atoms with Crippen LogP contribution in [0.25, 0.3) is 177 Å². The Morgan fingerprint density at radius 2 is 0.456 bits per heavy atom. The molecule has 0 bridgehead atoms. The molecule has 6 nitrogen and oxygen atoms in total.